The third kappa shape index (κ3) is 5.48. The van der Waals surface area contributed by atoms with E-state index in [1.807, 2.05) is 46.0 Å². The number of aryl methyl sites for hydroxylation is 1. The normalized spacial score (nSPS) is 19.9. The summed E-state index contributed by atoms with van der Waals surface area (Å²) in [5, 5.41) is 6.40. The van der Waals surface area contributed by atoms with Gasteiger partial charge < -0.3 is 25.3 Å². The Bertz CT molecular complexity index is 1190. The van der Waals surface area contributed by atoms with Crippen molar-refractivity contribution >= 4 is 35.0 Å². The van der Waals surface area contributed by atoms with Gasteiger partial charge >= 0.3 is 0 Å². The van der Waals surface area contributed by atoms with Crippen LogP contribution in [0, 0.1) is 12.3 Å². The average molecular weight is 520 g/mol. The molecule has 2 amide bonds. The SMILES string of the molecule is Cc1cc(C(=O)NCCN2CCCC2)ccc1Nc1ncc2c(n1)N(C1CCCC1)CC(C)(C)C(=O)N2C. The Labute approximate surface area is 226 Å². The van der Waals surface area contributed by atoms with Crippen molar-refractivity contribution in [1.29, 1.82) is 0 Å². The molecule has 0 atom stereocenters. The number of likely N-dealkylation sites (tertiary alicyclic amines) is 1. The van der Waals surface area contributed by atoms with Gasteiger partial charge in [-0.2, -0.15) is 4.98 Å². The predicted molar refractivity (Wildman–Crippen MR) is 151 cm³/mol. The first-order chi connectivity index (χ1) is 18.2. The van der Waals surface area contributed by atoms with E-state index in [1.54, 1.807) is 11.1 Å². The van der Waals surface area contributed by atoms with E-state index >= 15 is 0 Å². The topological polar surface area (TPSA) is 93.7 Å². The van der Waals surface area contributed by atoms with Crippen molar-refractivity contribution < 1.29 is 9.59 Å². The number of nitrogens with one attached hydrogen (secondary N) is 2. The lowest BCUT2D eigenvalue weighted by Crippen LogP contribution is -2.45. The molecule has 1 aromatic carbocycles. The number of rotatable bonds is 7. The molecule has 1 saturated carbocycles. The van der Waals surface area contributed by atoms with Crippen LogP contribution in [0.4, 0.5) is 23.1 Å². The predicted octanol–water partition coefficient (Wildman–Crippen LogP) is 4.11. The van der Waals surface area contributed by atoms with Crippen LogP contribution in [0.3, 0.4) is 0 Å². The van der Waals surface area contributed by atoms with Gasteiger partial charge in [0.05, 0.1) is 11.6 Å². The summed E-state index contributed by atoms with van der Waals surface area (Å²) in [6.07, 6.45) is 8.88. The highest BCUT2D eigenvalue weighted by Crippen LogP contribution is 2.40. The lowest BCUT2D eigenvalue weighted by atomic mass is 9.91. The van der Waals surface area contributed by atoms with Gasteiger partial charge in [-0.3, -0.25) is 9.59 Å². The Balaban J connectivity index is 1.33. The van der Waals surface area contributed by atoms with Crippen molar-refractivity contribution in [2.24, 2.45) is 5.41 Å². The summed E-state index contributed by atoms with van der Waals surface area (Å²) in [4.78, 5) is 41.9. The van der Waals surface area contributed by atoms with Crippen LogP contribution in [0.15, 0.2) is 24.4 Å². The van der Waals surface area contributed by atoms with Crippen LogP contribution in [-0.4, -0.2) is 72.5 Å². The highest BCUT2D eigenvalue weighted by Gasteiger charge is 2.41. The molecule has 0 bridgehead atoms. The maximum Gasteiger partial charge on any atom is 0.251 e. The van der Waals surface area contributed by atoms with Crippen molar-refractivity contribution in [1.82, 2.24) is 20.2 Å². The summed E-state index contributed by atoms with van der Waals surface area (Å²) in [5.41, 5.74) is 2.66. The average Bonchev–Trinajstić information content (AvgIpc) is 3.61. The molecule has 0 unspecified atom stereocenters. The zero-order valence-corrected chi connectivity index (χ0v) is 23.2. The van der Waals surface area contributed by atoms with Gasteiger partial charge in [-0.15, -0.1) is 0 Å². The van der Waals surface area contributed by atoms with Crippen LogP contribution in [0.1, 0.15) is 68.3 Å². The van der Waals surface area contributed by atoms with Gasteiger partial charge in [-0.1, -0.05) is 12.8 Å². The van der Waals surface area contributed by atoms with Crippen molar-refractivity contribution in [2.75, 3.05) is 54.9 Å². The second-order valence-electron chi connectivity index (χ2n) is 11.7. The van der Waals surface area contributed by atoms with Gasteiger partial charge in [0.2, 0.25) is 11.9 Å². The molecule has 2 N–H and O–H groups in total. The van der Waals surface area contributed by atoms with E-state index < -0.39 is 5.41 Å². The molecule has 2 aliphatic heterocycles. The van der Waals surface area contributed by atoms with Crippen LogP contribution < -0.4 is 20.4 Å². The van der Waals surface area contributed by atoms with Crippen molar-refractivity contribution in [2.45, 2.75) is 65.3 Å². The molecule has 2 fully saturated rings. The molecule has 3 heterocycles. The van der Waals surface area contributed by atoms with Crippen LogP contribution in [0.5, 0.6) is 0 Å². The molecule has 1 aromatic heterocycles. The van der Waals surface area contributed by atoms with E-state index in [2.05, 4.69) is 25.4 Å². The first kappa shape index (κ1) is 26.4. The fraction of sp³-hybridized carbons (Fsp3) is 0.586. The number of hydrogen-bond acceptors (Lipinski definition) is 7. The third-order valence-corrected chi connectivity index (χ3v) is 8.25. The Morgan fingerprint density at radius 3 is 2.58 bits per heavy atom. The highest BCUT2D eigenvalue weighted by molar-refractivity contribution is 6.01. The van der Waals surface area contributed by atoms with Crippen molar-refractivity contribution in [3.8, 4) is 0 Å². The number of carbonyl (C=O) groups excluding carboxylic acids is 2. The number of carbonyl (C=O) groups is 2. The molecule has 204 valence electrons. The standard InChI is InChI=1S/C29H41N7O2/c1-20-17-21(26(37)30-13-16-35-14-7-8-15-35)11-12-23(20)32-28-31-18-24-25(33-28)36(22-9-5-6-10-22)19-29(2,3)27(38)34(24)4/h11-12,17-18,22H,5-10,13-16,19H2,1-4H3,(H,30,37)(H,31,32,33). The van der Waals surface area contributed by atoms with Gasteiger partial charge in [0.25, 0.3) is 5.91 Å². The van der Waals surface area contributed by atoms with E-state index in [-0.39, 0.29) is 11.8 Å². The van der Waals surface area contributed by atoms with Gasteiger partial charge in [0.15, 0.2) is 5.82 Å². The second kappa shape index (κ2) is 10.9. The molecule has 1 aliphatic carbocycles. The third-order valence-electron chi connectivity index (χ3n) is 8.25. The minimum Gasteiger partial charge on any atom is -0.351 e. The zero-order chi connectivity index (χ0) is 26.9. The van der Waals surface area contributed by atoms with Gasteiger partial charge in [0.1, 0.15) is 5.69 Å². The fourth-order valence-electron chi connectivity index (χ4n) is 6.03. The van der Waals surface area contributed by atoms with Gasteiger partial charge in [-0.05, 0) is 83.3 Å². The minimum absolute atomic E-state index is 0.0531. The Morgan fingerprint density at radius 2 is 1.87 bits per heavy atom. The Kier molecular flexibility index (Phi) is 7.56. The lowest BCUT2D eigenvalue weighted by Gasteiger charge is -2.34. The fourth-order valence-corrected chi connectivity index (χ4v) is 6.03. The lowest BCUT2D eigenvalue weighted by molar-refractivity contribution is -0.125. The Hall–Kier alpha value is -3.20. The number of nitrogens with zero attached hydrogens (tertiary/aromatic N) is 5. The molecule has 0 spiro atoms. The number of hydrogen-bond donors (Lipinski definition) is 2. The summed E-state index contributed by atoms with van der Waals surface area (Å²) in [6.45, 7) is 10.4. The monoisotopic (exact) mass is 519 g/mol. The summed E-state index contributed by atoms with van der Waals surface area (Å²) in [5.74, 6) is 1.32. The summed E-state index contributed by atoms with van der Waals surface area (Å²) in [6, 6.07) is 6.02. The van der Waals surface area contributed by atoms with Crippen LogP contribution >= 0.6 is 0 Å². The molecular formula is C29H41N7O2. The quantitative estimate of drug-likeness (QED) is 0.569. The number of anilines is 4. The van der Waals surface area contributed by atoms with E-state index in [0.29, 0.717) is 30.6 Å². The number of aromatic nitrogens is 2. The molecule has 38 heavy (non-hydrogen) atoms. The molecule has 9 heteroatoms. The van der Waals surface area contributed by atoms with E-state index in [1.165, 1.54) is 25.7 Å². The number of benzene rings is 1. The highest BCUT2D eigenvalue weighted by atomic mass is 16.2. The first-order valence-corrected chi connectivity index (χ1v) is 14.0. The molecular weight excluding hydrogens is 478 g/mol. The van der Waals surface area contributed by atoms with E-state index in [0.717, 1.165) is 55.2 Å². The van der Waals surface area contributed by atoms with E-state index in [9.17, 15) is 9.59 Å². The first-order valence-electron chi connectivity index (χ1n) is 14.0. The molecule has 5 rings (SSSR count). The zero-order valence-electron chi connectivity index (χ0n) is 23.2. The summed E-state index contributed by atoms with van der Waals surface area (Å²) >= 11 is 0. The van der Waals surface area contributed by atoms with Crippen molar-refractivity contribution in [3.63, 3.8) is 0 Å². The molecule has 3 aliphatic rings. The van der Waals surface area contributed by atoms with Gasteiger partial charge in [0, 0.05) is 44.0 Å². The van der Waals surface area contributed by atoms with Crippen molar-refractivity contribution in [3.05, 3.63) is 35.5 Å². The molecule has 2 aromatic rings. The maximum absolute atomic E-state index is 13.2. The smallest absolute Gasteiger partial charge is 0.251 e. The van der Waals surface area contributed by atoms with Crippen LogP contribution in [0.25, 0.3) is 0 Å². The molecule has 0 radical (unpaired) electrons. The maximum atomic E-state index is 13.2. The summed E-state index contributed by atoms with van der Waals surface area (Å²) < 4.78 is 0. The minimum atomic E-state index is -0.521. The molecule has 9 nitrogen and oxygen atoms in total. The summed E-state index contributed by atoms with van der Waals surface area (Å²) in [7, 11) is 1.82. The number of fused-ring (bicyclic) bond motifs is 1. The van der Waals surface area contributed by atoms with Crippen LogP contribution in [-0.2, 0) is 4.79 Å². The number of amides is 2. The Morgan fingerprint density at radius 1 is 1.13 bits per heavy atom. The van der Waals surface area contributed by atoms with Crippen LogP contribution in [0.2, 0.25) is 0 Å². The largest absolute Gasteiger partial charge is 0.351 e. The second-order valence-corrected chi connectivity index (χ2v) is 11.7. The van der Waals surface area contributed by atoms with E-state index in [4.69, 9.17) is 4.98 Å². The molecule has 1 saturated heterocycles. The van der Waals surface area contributed by atoms with Gasteiger partial charge in [-0.25, -0.2) is 4.98 Å².